The predicted octanol–water partition coefficient (Wildman–Crippen LogP) is 6.76. The Bertz CT molecular complexity index is 2190. The van der Waals surface area contributed by atoms with Gasteiger partial charge in [-0.1, -0.05) is 45.0 Å². The maximum absolute atomic E-state index is 14.6. The van der Waals surface area contributed by atoms with Crippen LogP contribution in [0.4, 0.5) is 5.95 Å². The van der Waals surface area contributed by atoms with Crippen molar-refractivity contribution in [3.8, 4) is 17.1 Å². The maximum atomic E-state index is 14.6. The Kier molecular flexibility index (Phi) is 9.27. The van der Waals surface area contributed by atoms with E-state index in [2.05, 4.69) is 40.4 Å². The smallest absolute Gasteiger partial charge is 0.264 e. The van der Waals surface area contributed by atoms with E-state index in [1.54, 1.807) is 29.3 Å². The molecule has 0 spiro atoms. The summed E-state index contributed by atoms with van der Waals surface area (Å²) in [5, 5.41) is 0. The van der Waals surface area contributed by atoms with Gasteiger partial charge in [0.05, 0.1) is 41.2 Å². The molecule has 0 saturated carbocycles. The fraction of sp³-hybridized carbons (Fsp3) is 0.395. The van der Waals surface area contributed by atoms with Crippen molar-refractivity contribution < 1.29 is 27.1 Å². The lowest BCUT2D eigenvalue weighted by molar-refractivity contribution is -0.0123. The molecule has 2 aliphatic rings. The molecule has 1 N–H and O–H groups in total. The van der Waals surface area contributed by atoms with Crippen LogP contribution in [0.2, 0.25) is 0 Å². The second kappa shape index (κ2) is 13.7. The van der Waals surface area contributed by atoms with Crippen LogP contribution in [0.25, 0.3) is 22.5 Å². The molecule has 2 aliphatic heterocycles. The number of hydrogen-bond donors (Lipinski definition) is 1. The number of anilines is 1. The summed E-state index contributed by atoms with van der Waals surface area (Å²) in [6.45, 7) is 10.9. The highest BCUT2D eigenvalue weighted by Crippen LogP contribution is 2.32. The Morgan fingerprint density at radius 1 is 0.980 bits per heavy atom. The van der Waals surface area contributed by atoms with E-state index in [0.29, 0.717) is 35.6 Å². The van der Waals surface area contributed by atoms with Crippen LogP contribution in [0.15, 0.2) is 70.1 Å². The molecule has 4 bridgehead atoms. The number of benzene rings is 2. The van der Waals surface area contributed by atoms with Crippen LogP contribution in [0.5, 0.6) is 5.88 Å². The number of amides is 1. The number of aromatic nitrogens is 4. The van der Waals surface area contributed by atoms with E-state index < -0.39 is 16.1 Å². The summed E-state index contributed by atoms with van der Waals surface area (Å²) >= 11 is 0. The molecule has 0 radical (unpaired) electrons. The average Bonchev–Trinajstić information content (AvgIpc) is 3.53. The van der Waals surface area contributed by atoms with E-state index >= 15 is 0 Å². The van der Waals surface area contributed by atoms with Gasteiger partial charge in [-0.05, 0) is 68.9 Å². The molecule has 51 heavy (non-hydrogen) atoms. The van der Waals surface area contributed by atoms with Crippen LogP contribution >= 0.6 is 0 Å². The van der Waals surface area contributed by atoms with Gasteiger partial charge in [0.1, 0.15) is 17.9 Å². The van der Waals surface area contributed by atoms with Gasteiger partial charge in [0.15, 0.2) is 0 Å². The SMILES string of the molecule is Cc1cccc(C)c1-c1cc2nc(n1)NS(=O)(=O)c1cccc(c1)C(=O)N(Cc1cnc3oc(C(C)(C)C)cc3n1)[C@H](C[C@H]1CCCCO1)CO2. The van der Waals surface area contributed by atoms with E-state index in [4.69, 9.17) is 18.9 Å². The molecule has 1 saturated heterocycles. The molecule has 2 aromatic carbocycles. The zero-order chi connectivity index (χ0) is 35.9. The number of rotatable bonds is 5. The number of fused-ring (bicyclic) bond motifs is 5. The van der Waals surface area contributed by atoms with Crippen LogP contribution in [-0.4, -0.2) is 64.5 Å². The average molecular weight is 711 g/mol. The third-order valence-electron chi connectivity index (χ3n) is 9.35. The lowest BCUT2D eigenvalue weighted by Crippen LogP contribution is -2.46. The highest BCUT2D eigenvalue weighted by Gasteiger charge is 2.32. The number of nitrogens with zero attached hydrogens (tertiary/aromatic N) is 5. The zero-order valence-electron chi connectivity index (χ0n) is 29.5. The molecule has 1 amide bonds. The molecular formula is C38H42N6O6S. The van der Waals surface area contributed by atoms with Crippen molar-refractivity contribution in [3.05, 3.63) is 88.9 Å². The molecule has 0 unspecified atom stereocenters. The maximum Gasteiger partial charge on any atom is 0.264 e. The minimum atomic E-state index is -4.20. The minimum absolute atomic E-state index is 0.0518. The number of sulfonamides is 1. The third-order valence-corrected chi connectivity index (χ3v) is 10.7. The first-order valence-corrected chi connectivity index (χ1v) is 18.7. The Morgan fingerprint density at radius 3 is 2.51 bits per heavy atom. The first-order chi connectivity index (χ1) is 24.3. The van der Waals surface area contributed by atoms with E-state index in [0.717, 1.165) is 41.7 Å². The van der Waals surface area contributed by atoms with Gasteiger partial charge in [-0.3, -0.25) is 4.79 Å². The molecular weight excluding hydrogens is 669 g/mol. The number of carbonyl (C=O) groups excluding carboxylic acids is 1. The lowest BCUT2D eigenvalue weighted by Gasteiger charge is -2.35. The largest absolute Gasteiger partial charge is 0.475 e. The minimum Gasteiger partial charge on any atom is -0.475 e. The van der Waals surface area contributed by atoms with E-state index in [1.165, 1.54) is 12.1 Å². The molecule has 1 fully saturated rings. The Labute approximate surface area is 297 Å². The molecule has 12 nitrogen and oxygen atoms in total. The van der Waals surface area contributed by atoms with Gasteiger partial charge in [0.25, 0.3) is 15.9 Å². The van der Waals surface area contributed by atoms with Gasteiger partial charge < -0.3 is 18.8 Å². The van der Waals surface area contributed by atoms with E-state index in [9.17, 15) is 13.2 Å². The number of ether oxygens (including phenoxy) is 2. The highest BCUT2D eigenvalue weighted by atomic mass is 32.2. The number of aryl methyl sites for hydroxylation is 2. The second-order valence-corrected chi connectivity index (χ2v) is 16.0. The zero-order valence-corrected chi connectivity index (χ0v) is 30.3. The summed E-state index contributed by atoms with van der Waals surface area (Å²) in [5.41, 5.74) is 4.80. The molecule has 7 rings (SSSR count). The fourth-order valence-electron chi connectivity index (χ4n) is 6.64. The van der Waals surface area contributed by atoms with Crippen LogP contribution in [0, 0.1) is 13.8 Å². The quantitative estimate of drug-likeness (QED) is 0.207. The predicted molar refractivity (Wildman–Crippen MR) is 192 cm³/mol. The van der Waals surface area contributed by atoms with Gasteiger partial charge in [0, 0.05) is 35.3 Å². The van der Waals surface area contributed by atoms with Gasteiger partial charge >= 0.3 is 0 Å². The van der Waals surface area contributed by atoms with Crippen molar-refractivity contribution in [2.45, 2.75) is 89.3 Å². The summed E-state index contributed by atoms with van der Waals surface area (Å²) in [6.07, 6.45) is 4.84. The van der Waals surface area contributed by atoms with Crippen molar-refractivity contribution >= 4 is 33.1 Å². The van der Waals surface area contributed by atoms with Crippen LogP contribution in [0.1, 0.15) is 79.4 Å². The van der Waals surface area contributed by atoms with Gasteiger partial charge in [-0.2, -0.15) is 4.98 Å². The fourth-order valence-corrected chi connectivity index (χ4v) is 7.63. The molecule has 2 atom stereocenters. The van der Waals surface area contributed by atoms with E-state index in [1.807, 2.05) is 38.1 Å². The molecule has 0 aliphatic carbocycles. The van der Waals surface area contributed by atoms with Gasteiger partial charge in [-0.15, -0.1) is 0 Å². The van der Waals surface area contributed by atoms with Crippen molar-refractivity contribution in [1.29, 1.82) is 0 Å². The van der Waals surface area contributed by atoms with Crippen LogP contribution < -0.4 is 9.46 Å². The number of nitrogens with one attached hydrogen (secondary N) is 1. The molecule has 266 valence electrons. The molecule has 3 aromatic heterocycles. The van der Waals surface area contributed by atoms with Crippen molar-refractivity contribution in [1.82, 2.24) is 24.8 Å². The number of hydrogen-bond acceptors (Lipinski definition) is 10. The van der Waals surface area contributed by atoms with Crippen LogP contribution in [-0.2, 0) is 26.7 Å². The van der Waals surface area contributed by atoms with Crippen LogP contribution in [0.3, 0.4) is 0 Å². The van der Waals surface area contributed by atoms with E-state index in [-0.39, 0.29) is 52.9 Å². The molecule has 5 aromatic rings. The van der Waals surface area contributed by atoms with Crippen molar-refractivity contribution in [2.75, 3.05) is 17.9 Å². The second-order valence-electron chi connectivity index (χ2n) is 14.3. The molecule has 5 heterocycles. The number of furan rings is 1. The summed E-state index contributed by atoms with van der Waals surface area (Å²) in [4.78, 5) is 34.7. The van der Waals surface area contributed by atoms with Crippen molar-refractivity contribution in [2.24, 2.45) is 0 Å². The summed E-state index contributed by atoms with van der Waals surface area (Å²) in [5.74, 6) is 0.408. The first-order valence-electron chi connectivity index (χ1n) is 17.2. The highest BCUT2D eigenvalue weighted by molar-refractivity contribution is 7.92. The summed E-state index contributed by atoms with van der Waals surface area (Å²) in [6, 6.07) is 15.0. The standard InChI is InChI=1S/C38H42N6O6S/c1-23-10-8-11-24(2)34(23)30-19-33-42-37(41-30)43-51(46,47)29-14-9-12-25(16-29)36(45)44(27(22-49-33)17-28-13-6-7-15-48-28)21-26-20-39-35-31(40-26)18-32(50-35)38(3,4)5/h8-12,14,16,18-20,27-28H,6-7,13,15,17,21-22H2,1-5H3,(H,41,42,43)/t27-,28-/m1/s1. The van der Waals surface area contributed by atoms with Crippen molar-refractivity contribution in [3.63, 3.8) is 0 Å². The normalized spacial score (nSPS) is 19.4. The molecule has 13 heteroatoms. The topological polar surface area (TPSA) is 150 Å². The van der Waals surface area contributed by atoms with Gasteiger partial charge in [0.2, 0.25) is 17.5 Å². The Morgan fingerprint density at radius 2 is 1.76 bits per heavy atom. The van der Waals surface area contributed by atoms with Gasteiger partial charge in [-0.25, -0.2) is 28.1 Å². The Balaban J connectivity index is 1.34. The first kappa shape index (κ1) is 34.6. The number of carbonyl (C=O) groups is 1. The lowest BCUT2D eigenvalue weighted by atomic mass is 9.93. The third kappa shape index (κ3) is 7.45. The monoisotopic (exact) mass is 710 g/mol. The summed E-state index contributed by atoms with van der Waals surface area (Å²) < 4.78 is 48.6. The summed E-state index contributed by atoms with van der Waals surface area (Å²) in [7, 11) is -4.20. The Hall–Kier alpha value is -4.88.